The quantitative estimate of drug-likeness (QED) is 0.719. The third-order valence-electron chi connectivity index (χ3n) is 3.51. The SMILES string of the molecule is Cc1cc(C)cc(OCCNC(=O)CCc2ccc(Cl)c(Cl)c2)c1. The number of ether oxygens (including phenoxy) is 1. The van der Waals surface area contributed by atoms with Gasteiger partial charge in [0.1, 0.15) is 12.4 Å². The minimum absolute atomic E-state index is 0.00917. The fourth-order valence-corrected chi connectivity index (χ4v) is 2.74. The van der Waals surface area contributed by atoms with E-state index in [9.17, 15) is 4.79 Å². The first kappa shape index (κ1) is 18.6. The van der Waals surface area contributed by atoms with E-state index < -0.39 is 0 Å². The Morgan fingerprint density at radius 2 is 1.75 bits per heavy atom. The summed E-state index contributed by atoms with van der Waals surface area (Å²) in [7, 11) is 0. The van der Waals surface area contributed by atoms with Crippen LogP contribution in [-0.4, -0.2) is 19.1 Å². The van der Waals surface area contributed by atoms with Crippen molar-refractivity contribution < 1.29 is 9.53 Å². The number of halogens is 2. The Morgan fingerprint density at radius 3 is 2.42 bits per heavy atom. The summed E-state index contributed by atoms with van der Waals surface area (Å²) in [5.41, 5.74) is 3.32. The first-order valence-electron chi connectivity index (χ1n) is 7.86. The highest BCUT2D eigenvalue weighted by molar-refractivity contribution is 6.42. The molecule has 24 heavy (non-hydrogen) atoms. The molecule has 0 saturated carbocycles. The molecular weight excluding hydrogens is 345 g/mol. The number of amides is 1. The minimum atomic E-state index is -0.00917. The van der Waals surface area contributed by atoms with E-state index in [0.29, 0.717) is 36.0 Å². The van der Waals surface area contributed by atoms with E-state index in [4.69, 9.17) is 27.9 Å². The molecule has 0 radical (unpaired) electrons. The van der Waals surface area contributed by atoms with Crippen molar-refractivity contribution in [3.8, 4) is 5.75 Å². The summed E-state index contributed by atoms with van der Waals surface area (Å²) in [5.74, 6) is 0.822. The molecule has 0 unspecified atom stereocenters. The van der Waals surface area contributed by atoms with E-state index in [1.807, 2.05) is 32.0 Å². The van der Waals surface area contributed by atoms with E-state index in [2.05, 4.69) is 11.4 Å². The average Bonchev–Trinajstić information content (AvgIpc) is 2.52. The Morgan fingerprint density at radius 1 is 1.04 bits per heavy atom. The fraction of sp³-hybridized carbons (Fsp3) is 0.316. The number of aryl methyl sites for hydroxylation is 3. The van der Waals surface area contributed by atoms with Crippen molar-refractivity contribution in [3.63, 3.8) is 0 Å². The first-order valence-corrected chi connectivity index (χ1v) is 8.61. The molecule has 0 spiro atoms. The zero-order valence-corrected chi connectivity index (χ0v) is 15.4. The van der Waals surface area contributed by atoms with Crippen molar-refractivity contribution in [1.82, 2.24) is 5.32 Å². The number of hydrogen-bond acceptors (Lipinski definition) is 2. The van der Waals surface area contributed by atoms with Gasteiger partial charge >= 0.3 is 0 Å². The minimum Gasteiger partial charge on any atom is -0.492 e. The summed E-state index contributed by atoms with van der Waals surface area (Å²) < 4.78 is 5.66. The number of benzene rings is 2. The molecule has 2 aromatic carbocycles. The second-order valence-corrected chi connectivity index (χ2v) is 6.58. The summed E-state index contributed by atoms with van der Waals surface area (Å²) in [4.78, 5) is 11.9. The highest BCUT2D eigenvalue weighted by Gasteiger charge is 2.04. The van der Waals surface area contributed by atoms with Crippen LogP contribution >= 0.6 is 23.2 Å². The number of carbonyl (C=O) groups is 1. The Kier molecular flexibility index (Phi) is 6.95. The van der Waals surface area contributed by atoms with Crippen molar-refractivity contribution in [3.05, 3.63) is 63.1 Å². The van der Waals surface area contributed by atoms with Gasteiger partial charge in [0.25, 0.3) is 0 Å². The van der Waals surface area contributed by atoms with Gasteiger partial charge in [-0.05, 0) is 61.2 Å². The molecule has 0 fully saturated rings. The van der Waals surface area contributed by atoms with Crippen molar-refractivity contribution in [2.24, 2.45) is 0 Å². The van der Waals surface area contributed by atoms with Crippen LogP contribution in [0.3, 0.4) is 0 Å². The maximum Gasteiger partial charge on any atom is 0.220 e. The zero-order chi connectivity index (χ0) is 17.5. The topological polar surface area (TPSA) is 38.3 Å². The van der Waals surface area contributed by atoms with E-state index in [1.165, 1.54) is 0 Å². The Labute approximate surface area is 152 Å². The predicted octanol–water partition coefficient (Wildman–Crippen LogP) is 4.74. The Bertz CT molecular complexity index is 696. The van der Waals surface area contributed by atoms with Crippen LogP contribution in [0.1, 0.15) is 23.1 Å². The van der Waals surface area contributed by atoms with Crippen LogP contribution in [0.15, 0.2) is 36.4 Å². The van der Waals surface area contributed by atoms with Gasteiger partial charge in [0, 0.05) is 6.42 Å². The van der Waals surface area contributed by atoms with Gasteiger partial charge in [0.15, 0.2) is 0 Å². The smallest absolute Gasteiger partial charge is 0.220 e. The molecule has 128 valence electrons. The van der Waals surface area contributed by atoms with Gasteiger partial charge in [-0.2, -0.15) is 0 Å². The average molecular weight is 366 g/mol. The monoisotopic (exact) mass is 365 g/mol. The number of rotatable bonds is 7. The molecule has 0 aliphatic rings. The largest absolute Gasteiger partial charge is 0.492 e. The van der Waals surface area contributed by atoms with Crippen LogP contribution < -0.4 is 10.1 Å². The van der Waals surface area contributed by atoms with Crippen molar-refractivity contribution in [2.45, 2.75) is 26.7 Å². The van der Waals surface area contributed by atoms with E-state index in [-0.39, 0.29) is 5.91 Å². The van der Waals surface area contributed by atoms with Crippen LogP contribution in [0.4, 0.5) is 0 Å². The highest BCUT2D eigenvalue weighted by atomic mass is 35.5. The third-order valence-corrected chi connectivity index (χ3v) is 4.25. The van der Waals surface area contributed by atoms with Crippen molar-refractivity contribution >= 4 is 29.1 Å². The van der Waals surface area contributed by atoms with Gasteiger partial charge in [0.2, 0.25) is 5.91 Å². The van der Waals surface area contributed by atoms with Crippen LogP contribution in [0.25, 0.3) is 0 Å². The third kappa shape index (κ3) is 6.06. The lowest BCUT2D eigenvalue weighted by atomic mass is 10.1. The summed E-state index contributed by atoms with van der Waals surface area (Å²) in [6.07, 6.45) is 1.03. The number of nitrogens with one attached hydrogen (secondary N) is 1. The lowest BCUT2D eigenvalue weighted by Gasteiger charge is -2.09. The second kappa shape index (κ2) is 8.95. The van der Waals surface area contributed by atoms with Crippen molar-refractivity contribution in [1.29, 1.82) is 0 Å². The maximum absolute atomic E-state index is 11.9. The molecule has 1 N–H and O–H groups in total. The molecule has 2 rings (SSSR count). The predicted molar refractivity (Wildman–Crippen MR) is 99.2 cm³/mol. The lowest BCUT2D eigenvalue weighted by Crippen LogP contribution is -2.28. The maximum atomic E-state index is 11.9. The van der Waals surface area contributed by atoms with Crippen molar-refractivity contribution in [2.75, 3.05) is 13.2 Å². The van der Waals surface area contributed by atoms with Gasteiger partial charge in [-0.15, -0.1) is 0 Å². The number of hydrogen-bond donors (Lipinski definition) is 1. The van der Waals surface area contributed by atoms with Crippen LogP contribution in [0, 0.1) is 13.8 Å². The lowest BCUT2D eigenvalue weighted by molar-refractivity contribution is -0.121. The van der Waals surface area contributed by atoms with Gasteiger partial charge in [0.05, 0.1) is 16.6 Å². The van der Waals surface area contributed by atoms with Crippen LogP contribution in [0.5, 0.6) is 5.75 Å². The Balaban J connectivity index is 1.68. The molecule has 0 atom stereocenters. The van der Waals surface area contributed by atoms with Gasteiger partial charge in [-0.25, -0.2) is 0 Å². The zero-order valence-electron chi connectivity index (χ0n) is 13.9. The summed E-state index contributed by atoms with van der Waals surface area (Å²) in [5, 5.41) is 3.89. The molecule has 0 bridgehead atoms. The van der Waals surface area contributed by atoms with E-state index in [0.717, 1.165) is 22.4 Å². The van der Waals surface area contributed by atoms with E-state index in [1.54, 1.807) is 12.1 Å². The standard InChI is InChI=1S/C19H21Cl2NO2/c1-13-9-14(2)11-16(10-13)24-8-7-22-19(23)6-4-15-3-5-17(20)18(21)12-15/h3,5,9-12H,4,6-8H2,1-2H3,(H,22,23). The molecule has 0 heterocycles. The number of carbonyl (C=O) groups excluding carboxylic acids is 1. The molecule has 0 aromatic heterocycles. The molecule has 2 aromatic rings. The molecular formula is C19H21Cl2NO2. The normalized spacial score (nSPS) is 10.5. The van der Waals surface area contributed by atoms with E-state index >= 15 is 0 Å². The molecule has 0 aliphatic heterocycles. The molecule has 0 saturated heterocycles. The second-order valence-electron chi connectivity index (χ2n) is 5.77. The molecule has 3 nitrogen and oxygen atoms in total. The summed E-state index contributed by atoms with van der Waals surface area (Å²) in [6.45, 7) is 4.99. The summed E-state index contributed by atoms with van der Waals surface area (Å²) in [6, 6.07) is 11.5. The molecule has 5 heteroatoms. The fourth-order valence-electron chi connectivity index (χ4n) is 2.42. The summed E-state index contributed by atoms with van der Waals surface area (Å²) >= 11 is 11.8. The highest BCUT2D eigenvalue weighted by Crippen LogP contribution is 2.23. The molecule has 1 amide bonds. The van der Waals surface area contributed by atoms with Crippen LogP contribution in [-0.2, 0) is 11.2 Å². The first-order chi connectivity index (χ1) is 11.4. The van der Waals surface area contributed by atoms with Gasteiger partial charge in [-0.3, -0.25) is 4.79 Å². The van der Waals surface area contributed by atoms with Gasteiger partial charge in [-0.1, -0.05) is 35.3 Å². The van der Waals surface area contributed by atoms with Gasteiger partial charge < -0.3 is 10.1 Å². The molecule has 0 aliphatic carbocycles. The Hall–Kier alpha value is -1.71. The van der Waals surface area contributed by atoms with Crippen LogP contribution in [0.2, 0.25) is 10.0 Å².